The maximum absolute atomic E-state index is 12.6. The van der Waals surface area contributed by atoms with Gasteiger partial charge in [0.1, 0.15) is 11.4 Å². The average Bonchev–Trinajstić information content (AvgIpc) is 2.52. The number of hydrogen-bond donors (Lipinski definition) is 1. The molecule has 0 saturated heterocycles. The van der Waals surface area contributed by atoms with Gasteiger partial charge in [-0.25, -0.2) is 9.78 Å². The fourth-order valence-electron chi connectivity index (χ4n) is 2.75. The van der Waals surface area contributed by atoms with Gasteiger partial charge in [0, 0.05) is 5.56 Å². The quantitative estimate of drug-likeness (QED) is 0.900. The van der Waals surface area contributed by atoms with Crippen LogP contribution in [0.3, 0.4) is 0 Å². The van der Waals surface area contributed by atoms with Gasteiger partial charge in [0.05, 0.1) is 19.2 Å². The van der Waals surface area contributed by atoms with Crippen LogP contribution in [-0.4, -0.2) is 29.3 Å². The van der Waals surface area contributed by atoms with Gasteiger partial charge in [-0.2, -0.15) is 13.2 Å². The lowest BCUT2D eigenvalue weighted by Crippen LogP contribution is -2.27. The predicted octanol–water partition coefficient (Wildman–Crippen LogP) is 4.17. The van der Waals surface area contributed by atoms with Crippen LogP contribution in [0.5, 0.6) is 5.75 Å². The fourth-order valence-corrected chi connectivity index (χ4v) is 2.75. The van der Waals surface area contributed by atoms with E-state index < -0.39 is 18.1 Å². The Morgan fingerprint density at radius 2 is 2.00 bits per heavy atom. The number of nitrogens with zero attached hydrogens (tertiary/aromatic N) is 1. The molecule has 0 spiro atoms. The van der Waals surface area contributed by atoms with Crippen LogP contribution in [0.25, 0.3) is 6.08 Å². The summed E-state index contributed by atoms with van der Waals surface area (Å²) in [4.78, 5) is 14.7. The number of aromatic nitrogens is 1. The number of carbonyl (C=O) groups is 1. The van der Waals surface area contributed by atoms with Crippen molar-refractivity contribution in [2.75, 3.05) is 7.11 Å². The lowest BCUT2D eigenvalue weighted by atomic mass is 9.81. The third-order valence-electron chi connectivity index (χ3n) is 4.12. The molecule has 1 aliphatic carbocycles. The average molecular weight is 329 g/mol. The molecule has 1 fully saturated rings. The van der Waals surface area contributed by atoms with Gasteiger partial charge < -0.3 is 9.84 Å². The number of alkyl halides is 3. The highest BCUT2D eigenvalue weighted by Crippen LogP contribution is 2.40. The first-order valence-electron chi connectivity index (χ1n) is 7.33. The Morgan fingerprint density at radius 1 is 1.35 bits per heavy atom. The number of allylic oxidation sites excluding steroid dienone is 1. The predicted molar refractivity (Wildman–Crippen MR) is 78.3 cm³/mol. The summed E-state index contributed by atoms with van der Waals surface area (Å²) >= 11 is 0. The topological polar surface area (TPSA) is 59.4 Å². The smallest absolute Gasteiger partial charge is 0.391 e. The normalized spacial score (nSPS) is 22.3. The number of methoxy groups -OCH3 is 1. The molecular weight excluding hydrogens is 311 g/mol. The molecule has 23 heavy (non-hydrogen) atoms. The summed E-state index contributed by atoms with van der Waals surface area (Å²) in [6.07, 6.45) is 1.95. The second kappa shape index (κ2) is 7.02. The van der Waals surface area contributed by atoms with Crippen molar-refractivity contribution in [2.45, 2.75) is 31.9 Å². The minimum absolute atomic E-state index is 0.0553. The lowest BCUT2D eigenvalue weighted by Gasteiger charge is -2.28. The standard InChI is InChI=1S/C16H18F3NO3/c1-23-14-9-20-13(15(21)22)8-11(14)5-2-10-3-6-12(7-4-10)16(17,18)19/h2,5,8-10,12H,3-4,6-7H2,1H3,(H,21,22)/b5-2+. The highest BCUT2D eigenvalue weighted by molar-refractivity contribution is 5.86. The lowest BCUT2D eigenvalue weighted by molar-refractivity contribution is -0.183. The monoisotopic (exact) mass is 329 g/mol. The van der Waals surface area contributed by atoms with Gasteiger partial charge in [-0.15, -0.1) is 0 Å². The van der Waals surface area contributed by atoms with Crippen LogP contribution < -0.4 is 4.74 Å². The Kier molecular flexibility index (Phi) is 5.28. The van der Waals surface area contributed by atoms with E-state index in [1.54, 1.807) is 6.08 Å². The molecule has 2 rings (SSSR count). The van der Waals surface area contributed by atoms with Gasteiger partial charge in [-0.05, 0) is 37.7 Å². The second-order valence-electron chi connectivity index (χ2n) is 5.63. The minimum Gasteiger partial charge on any atom is -0.495 e. The molecule has 0 radical (unpaired) electrons. The summed E-state index contributed by atoms with van der Waals surface area (Å²) in [6.45, 7) is 0. The summed E-state index contributed by atoms with van der Waals surface area (Å²) in [5.41, 5.74) is 0.448. The fraction of sp³-hybridized carbons (Fsp3) is 0.500. The number of ether oxygens (including phenoxy) is 1. The van der Waals surface area contributed by atoms with Gasteiger partial charge >= 0.3 is 12.1 Å². The molecule has 0 aromatic carbocycles. The number of aromatic carboxylic acids is 1. The molecular formula is C16H18F3NO3. The minimum atomic E-state index is -4.11. The SMILES string of the molecule is COc1cnc(C(=O)O)cc1/C=C/C1CCC(C(F)(F)F)CC1. The molecule has 0 unspecified atom stereocenters. The van der Waals surface area contributed by atoms with Gasteiger partial charge in [-0.1, -0.05) is 12.2 Å². The number of halogens is 3. The first kappa shape index (κ1) is 17.3. The van der Waals surface area contributed by atoms with Gasteiger partial charge in [-0.3, -0.25) is 0 Å². The van der Waals surface area contributed by atoms with E-state index in [0.29, 0.717) is 24.2 Å². The second-order valence-corrected chi connectivity index (χ2v) is 5.63. The highest BCUT2D eigenvalue weighted by atomic mass is 19.4. The molecule has 0 bridgehead atoms. The Morgan fingerprint density at radius 3 is 2.52 bits per heavy atom. The summed E-state index contributed by atoms with van der Waals surface area (Å²) in [6, 6.07) is 1.39. The molecule has 1 aromatic heterocycles. The van der Waals surface area contributed by atoms with Gasteiger partial charge in [0.15, 0.2) is 0 Å². The Balaban J connectivity index is 2.06. The maximum atomic E-state index is 12.6. The van der Waals surface area contributed by atoms with Crippen molar-refractivity contribution < 1.29 is 27.8 Å². The van der Waals surface area contributed by atoms with Crippen LogP contribution in [0.4, 0.5) is 13.2 Å². The first-order valence-corrected chi connectivity index (χ1v) is 7.33. The van der Waals surface area contributed by atoms with Crippen molar-refractivity contribution >= 4 is 12.0 Å². The summed E-state index contributed by atoms with van der Waals surface area (Å²) in [7, 11) is 1.45. The molecule has 4 nitrogen and oxygen atoms in total. The molecule has 1 aliphatic rings. The molecule has 0 atom stereocenters. The number of carboxylic acid groups (broad SMARTS) is 1. The third-order valence-corrected chi connectivity index (χ3v) is 4.12. The zero-order valence-electron chi connectivity index (χ0n) is 12.6. The Labute approximate surface area is 132 Å². The van der Waals surface area contributed by atoms with E-state index in [0.717, 1.165) is 0 Å². The molecule has 0 aliphatic heterocycles. The summed E-state index contributed by atoms with van der Waals surface area (Å²) < 4.78 is 43.0. The third kappa shape index (κ3) is 4.46. The molecule has 1 N–H and O–H groups in total. The van der Waals surface area contributed by atoms with E-state index in [9.17, 15) is 18.0 Å². The van der Waals surface area contributed by atoms with Crippen molar-refractivity contribution in [3.05, 3.63) is 29.6 Å². The van der Waals surface area contributed by atoms with Crippen molar-refractivity contribution in [3.8, 4) is 5.75 Å². The van der Waals surface area contributed by atoms with Crippen molar-refractivity contribution in [3.63, 3.8) is 0 Å². The van der Waals surface area contributed by atoms with Crippen LogP contribution in [0.15, 0.2) is 18.3 Å². The molecule has 1 aromatic rings. The summed E-state index contributed by atoms with van der Waals surface area (Å²) in [5.74, 6) is -1.87. The molecule has 0 amide bonds. The molecule has 1 saturated carbocycles. The molecule has 7 heteroatoms. The van der Waals surface area contributed by atoms with Crippen LogP contribution in [0.2, 0.25) is 0 Å². The van der Waals surface area contributed by atoms with Gasteiger partial charge in [0.25, 0.3) is 0 Å². The van der Waals surface area contributed by atoms with E-state index >= 15 is 0 Å². The van der Waals surface area contributed by atoms with E-state index in [-0.39, 0.29) is 24.5 Å². The van der Waals surface area contributed by atoms with Crippen LogP contribution in [0.1, 0.15) is 41.7 Å². The maximum Gasteiger partial charge on any atom is 0.391 e. The van der Waals surface area contributed by atoms with Crippen LogP contribution in [-0.2, 0) is 0 Å². The largest absolute Gasteiger partial charge is 0.495 e. The zero-order valence-corrected chi connectivity index (χ0v) is 12.6. The van der Waals surface area contributed by atoms with Gasteiger partial charge in [0.2, 0.25) is 0 Å². The number of hydrogen-bond acceptors (Lipinski definition) is 3. The van der Waals surface area contributed by atoms with Crippen molar-refractivity contribution in [1.82, 2.24) is 4.98 Å². The van der Waals surface area contributed by atoms with E-state index in [2.05, 4.69) is 4.98 Å². The molecule has 1 heterocycles. The van der Waals surface area contributed by atoms with Crippen LogP contribution >= 0.6 is 0 Å². The van der Waals surface area contributed by atoms with Crippen molar-refractivity contribution in [1.29, 1.82) is 0 Å². The van der Waals surface area contributed by atoms with E-state index in [1.165, 1.54) is 19.4 Å². The Bertz CT molecular complexity index is 591. The zero-order chi connectivity index (χ0) is 17.0. The number of pyridine rings is 1. The Hall–Kier alpha value is -2.05. The van der Waals surface area contributed by atoms with E-state index in [4.69, 9.17) is 9.84 Å². The highest BCUT2D eigenvalue weighted by Gasteiger charge is 2.40. The van der Waals surface area contributed by atoms with Crippen LogP contribution in [0, 0.1) is 11.8 Å². The van der Waals surface area contributed by atoms with E-state index in [1.807, 2.05) is 6.08 Å². The first-order chi connectivity index (χ1) is 10.8. The molecule has 126 valence electrons. The summed E-state index contributed by atoms with van der Waals surface area (Å²) in [5, 5.41) is 8.96. The number of carboxylic acids is 1. The van der Waals surface area contributed by atoms with Crippen molar-refractivity contribution in [2.24, 2.45) is 11.8 Å². The number of rotatable bonds is 4.